The van der Waals surface area contributed by atoms with Gasteiger partial charge in [0.15, 0.2) is 0 Å². The van der Waals surface area contributed by atoms with Crippen LogP contribution >= 0.6 is 0 Å². The molecule has 0 amide bonds. The van der Waals surface area contributed by atoms with Gasteiger partial charge in [-0.2, -0.15) is 0 Å². The van der Waals surface area contributed by atoms with Gasteiger partial charge in [0.2, 0.25) is 0 Å². The number of hydrogen-bond donors (Lipinski definition) is 1. The van der Waals surface area contributed by atoms with Gasteiger partial charge >= 0.3 is 0 Å². The fraction of sp³-hybridized carbons (Fsp3) is 0.500. The van der Waals surface area contributed by atoms with Crippen LogP contribution in [0.4, 0.5) is 5.69 Å². The molecule has 0 spiro atoms. The molecular weight excluding hydrogens is 158 g/mol. The van der Waals surface area contributed by atoms with E-state index in [0.29, 0.717) is 5.92 Å². The van der Waals surface area contributed by atoms with Crippen molar-refractivity contribution < 1.29 is 0 Å². The summed E-state index contributed by atoms with van der Waals surface area (Å²) in [4.78, 5) is 0. The molecule has 0 unspecified atom stereocenters. The second-order valence-corrected chi connectivity index (χ2v) is 4.36. The zero-order valence-electron chi connectivity index (χ0n) is 8.38. The normalized spacial score (nSPS) is 16.5. The molecule has 0 saturated heterocycles. The van der Waals surface area contributed by atoms with Crippen molar-refractivity contribution in [2.75, 3.05) is 5.73 Å². The van der Waals surface area contributed by atoms with Crippen LogP contribution in [0.25, 0.3) is 0 Å². The van der Waals surface area contributed by atoms with E-state index >= 15 is 0 Å². The number of hydrogen-bond acceptors (Lipinski definition) is 1. The van der Waals surface area contributed by atoms with Gasteiger partial charge in [-0.15, -0.1) is 0 Å². The van der Waals surface area contributed by atoms with E-state index in [-0.39, 0.29) is 0 Å². The standard InChI is InChI=1S/C12H17N/c1-8(2)10-5-11(9-3-4-9)7-12(13)6-10/h5-9H,3-4,13H2,1-2H3. The second-order valence-electron chi connectivity index (χ2n) is 4.36. The van der Waals surface area contributed by atoms with Crippen LogP contribution in [0.15, 0.2) is 18.2 Å². The van der Waals surface area contributed by atoms with E-state index in [1.165, 1.54) is 24.0 Å². The van der Waals surface area contributed by atoms with Crippen LogP contribution in [0.5, 0.6) is 0 Å². The van der Waals surface area contributed by atoms with Crippen LogP contribution in [0, 0.1) is 0 Å². The molecule has 0 atom stereocenters. The smallest absolute Gasteiger partial charge is 0.0319 e. The predicted molar refractivity (Wildman–Crippen MR) is 56.9 cm³/mol. The van der Waals surface area contributed by atoms with Gasteiger partial charge in [0.25, 0.3) is 0 Å². The lowest BCUT2D eigenvalue weighted by Gasteiger charge is -2.09. The first kappa shape index (κ1) is 8.61. The van der Waals surface area contributed by atoms with Gasteiger partial charge in [0.05, 0.1) is 0 Å². The first-order chi connectivity index (χ1) is 6.16. The van der Waals surface area contributed by atoms with Gasteiger partial charge in [-0.25, -0.2) is 0 Å². The summed E-state index contributed by atoms with van der Waals surface area (Å²) in [5, 5.41) is 0. The number of benzene rings is 1. The summed E-state index contributed by atoms with van der Waals surface area (Å²) < 4.78 is 0. The second kappa shape index (κ2) is 3.06. The van der Waals surface area contributed by atoms with Gasteiger partial charge in [0, 0.05) is 5.69 Å². The van der Waals surface area contributed by atoms with Gasteiger partial charge in [0.1, 0.15) is 0 Å². The predicted octanol–water partition coefficient (Wildman–Crippen LogP) is 3.27. The summed E-state index contributed by atoms with van der Waals surface area (Å²) in [6.45, 7) is 4.43. The highest BCUT2D eigenvalue weighted by atomic mass is 14.5. The molecular formula is C12H17N. The van der Waals surface area contributed by atoms with Gasteiger partial charge in [-0.3, -0.25) is 0 Å². The molecule has 1 aliphatic carbocycles. The lowest BCUT2D eigenvalue weighted by molar-refractivity contribution is 0.862. The number of rotatable bonds is 2. The average Bonchev–Trinajstić information content (AvgIpc) is 2.85. The molecule has 1 aliphatic rings. The Bertz CT molecular complexity index is 291. The molecule has 0 aliphatic heterocycles. The van der Waals surface area contributed by atoms with Crippen molar-refractivity contribution in [1.82, 2.24) is 0 Å². The van der Waals surface area contributed by atoms with Crippen molar-refractivity contribution in [2.24, 2.45) is 0 Å². The third kappa shape index (κ3) is 1.85. The lowest BCUT2D eigenvalue weighted by atomic mass is 9.98. The van der Waals surface area contributed by atoms with Gasteiger partial charge in [-0.05, 0) is 47.9 Å². The zero-order valence-corrected chi connectivity index (χ0v) is 8.38. The van der Waals surface area contributed by atoms with E-state index < -0.39 is 0 Å². The van der Waals surface area contributed by atoms with Crippen molar-refractivity contribution >= 4 is 5.69 Å². The zero-order chi connectivity index (χ0) is 9.42. The minimum atomic E-state index is 0.584. The van der Waals surface area contributed by atoms with E-state index in [1.54, 1.807) is 0 Å². The summed E-state index contributed by atoms with van der Waals surface area (Å²) in [6, 6.07) is 6.54. The first-order valence-electron chi connectivity index (χ1n) is 5.07. The highest BCUT2D eigenvalue weighted by molar-refractivity contribution is 5.47. The summed E-state index contributed by atoms with van der Waals surface area (Å²) in [5.41, 5.74) is 9.61. The lowest BCUT2D eigenvalue weighted by Crippen LogP contribution is -1.94. The minimum Gasteiger partial charge on any atom is -0.399 e. The van der Waals surface area contributed by atoms with E-state index in [0.717, 1.165) is 11.6 Å². The average molecular weight is 175 g/mol. The molecule has 0 radical (unpaired) electrons. The Morgan fingerprint density at radius 2 is 1.92 bits per heavy atom. The molecule has 1 aromatic carbocycles. The van der Waals surface area contributed by atoms with Crippen molar-refractivity contribution in [3.8, 4) is 0 Å². The molecule has 0 bridgehead atoms. The summed E-state index contributed by atoms with van der Waals surface area (Å²) >= 11 is 0. The largest absolute Gasteiger partial charge is 0.399 e. The molecule has 2 rings (SSSR count). The summed E-state index contributed by atoms with van der Waals surface area (Å²) in [6.07, 6.45) is 2.70. The molecule has 0 heterocycles. The quantitative estimate of drug-likeness (QED) is 0.686. The van der Waals surface area contributed by atoms with E-state index in [2.05, 4.69) is 32.0 Å². The maximum absolute atomic E-state index is 5.86. The van der Waals surface area contributed by atoms with Crippen LogP contribution < -0.4 is 5.73 Å². The highest BCUT2D eigenvalue weighted by Gasteiger charge is 2.24. The SMILES string of the molecule is CC(C)c1cc(N)cc(C2CC2)c1. The van der Waals surface area contributed by atoms with Gasteiger partial charge in [-0.1, -0.05) is 19.9 Å². The molecule has 0 aromatic heterocycles. The highest BCUT2D eigenvalue weighted by Crippen LogP contribution is 2.41. The first-order valence-corrected chi connectivity index (χ1v) is 5.07. The van der Waals surface area contributed by atoms with Crippen LogP contribution in [0.2, 0.25) is 0 Å². The van der Waals surface area contributed by atoms with Gasteiger partial charge < -0.3 is 5.73 Å². The topological polar surface area (TPSA) is 26.0 Å². The summed E-state index contributed by atoms with van der Waals surface area (Å²) in [5.74, 6) is 1.39. The number of nitrogens with two attached hydrogens (primary N) is 1. The Kier molecular flexibility index (Phi) is 2.03. The van der Waals surface area contributed by atoms with E-state index in [1.807, 2.05) is 0 Å². The Hall–Kier alpha value is -0.980. The van der Waals surface area contributed by atoms with Crippen molar-refractivity contribution in [3.05, 3.63) is 29.3 Å². The van der Waals surface area contributed by atoms with E-state index in [4.69, 9.17) is 5.73 Å². The Morgan fingerprint density at radius 3 is 2.46 bits per heavy atom. The molecule has 13 heavy (non-hydrogen) atoms. The van der Waals surface area contributed by atoms with Crippen LogP contribution in [0.1, 0.15) is 49.7 Å². The number of nitrogen functional groups attached to an aromatic ring is 1. The van der Waals surface area contributed by atoms with Crippen LogP contribution in [-0.4, -0.2) is 0 Å². The molecule has 1 fully saturated rings. The fourth-order valence-electron chi connectivity index (χ4n) is 1.69. The maximum Gasteiger partial charge on any atom is 0.0319 e. The summed E-state index contributed by atoms with van der Waals surface area (Å²) in [7, 11) is 0. The van der Waals surface area contributed by atoms with Crippen molar-refractivity contribution in [2.45, 2.75) is 38.5 Å². The third-order valence-electron chi connectivity index (χ3n) is 2.72. The monoisotopic (exact) mass is 175 g/mol. The Labute approximate surface area is 80.0 Å². The van der Waals surface area contributed by atoms with Crippen LogP contribution in [0.3, 0.4) is 0 Å². The van der Waals surface area contributed by atoms with E-state index in [9.17, 15) is 0 Å². The maximum atomic E-state index is 5.86. The molecule has 1 nitrogen and oxygen atoms in total. The molecule has 1 heteroatoms. The van der Waals surface area contributed by atoms with Crippen LogP contribution in [-0.2, 0) is 0 Å². The Morgan fingerprint density at radius 1 is 1.23 bits per heavy atom. The molecule has 1 aromatic rings. The number of anilines is 1. The molecule has 1 saturated carbocycles. The molecule has 2 N–H and O–H groups in total. The molecule has 70 valence electrons. The van der Waals surface area contributed by atoms with Crippen molar-refractivity contribution in [1.29, 1.82) is 0 Å². The Balaban J connectivity index is 2.36. The minimum absolute atomic E-state index is 0.584. The third-order valence-corrected chi connectivity index (χ3v) is 2.72. The fourth-order valence-corrected chi connectivity index (χ4v) is 1.69. The van der Waals surface area contributed by atoms with Crippen molar-refractivity contribution in [3.63, 3.8) is 0 Å².